The minimum atomic E-state index is -4.01. The van der Waals surface area contributed by atoms with E-state index in [0.29, 0.717) is 12.3 Å². The van der Waals surface area contributed by atoms with Gasteiger partial charge in [-0.15, -0.1) is 0 Å². The topological polar surface area (TPSA) is 84.5 Å². The summed E-state index contributed by atoms with van der Waals surface area (Å²) in [5, 5.41) is 2.99. The number of anilines is 1. The Morgan fingerprint density at radius 2 is 1.83 bits per heavy atom. The molecule has 1 atom stereocenters. The van der Waals surface area contributed by atoms with Crippen molar-refractivity contribution in [3.05, 3.63) is 53.1 Å². The second kappa shape index (κ2) is 10.6. The standard InChI is InChI=1S/C21H27ClN2O4S/c1-4-6-7-16-8-11-18(12-9-16)23-21(25)15(3)24-29(26,27)20-14-17(22)10-13-19(20)28-5-2/h8-15,24H,4-7H2,1-3H3,(H,23,25). The van der Waals surface area contributed by atoms with Gasteiger partial charge in [0.15, 0.2) is 0 Å². The number of hydrogen-bond donors (Lipinski definition) is 2. The van der Waals surface area contributed by atoms with E-state index in [-0.39, 0.29) is 15.7 Å². The van der Waals surface area contributed by atoms with Gasteiger partial charge in [-0.25, -0.2) is 8.42 Å². The summed E-state index contributed by atoms with van der Waals surface area (Å²) in [5.74, 6) is -0.283. The molecule has 6 nitrogen and oxygen atoms in total. The van der Waals surface area contributed by atoms with Gasteiger partial charge >= 0.3 is 0 Å². The number of rotatable bonds is 10. The highest BCUT2D eigenvalue weighted by Gasteiger charge is 2.25. The largest absolute Gasteiger partial charge is 0.492 e. The van der Waals surface area contributed by atoms with Gasteiger partial charge in [0, 0.05) is 10.7 Å². The molecule has 29 heavy (non-hydrogen) atoms. The van der Waals surface area contributed by atoms with Crippen LogP contribution in [0, 0.1) is 0 Å². The van der Waals surface area contributed by atoms with Crippen molar-refractivity contribution in [2.45, 2.75) is 51.0 Å². The summed E-state index contributed by atoms with van der Waals surface area (Å²) in [6.07, 6.45) is 3.22. The molecular weight excluding hydrogens is 412 g/mol. The highest BCUT2D eigenvalue weighted by molar-refractivity contribution is 7.89. The van der Waals surface area contributed by atoms with E-state index in [2.05, 4.69) is 17.0 Å². The number of halogens is 1. The SMILES string of the molecule is CCCCc1ccc(NC(=O)C(C)NS(=O)(=O)c2cc(Cl)ccc2OCC)cc1. The molecule has 2 aromatic carbocycles. The van der Waals surface area contributed by atoms with E-state index in [4.69, 9.17) is 16.3 Å². The number of amides is 1. The fourth-order valence-electron chi connectivity index (χ4n) is 2.70. The van der Waals surface area contributed by atoms with E-state index >= 15 is 0 Å². The van der Waals surface area contributed by atoms with Crippen LogP contribution in [-0.4, -0.2) is 27.0 Å². The maximum absolute atomic E-state index is 12.8. The Morgan fingerprint density at radius 3 is 2.45 bits per heavy atom. The van der Waals surface area contributed by atoms with Crippen LogP contribution in [0.2, 0.25) is 5.02 Å². The average molecular weight is 439 g/mol. The van der Waals surface area contributed by atoms with Crippen molar-refractivity contribution in [1.29, 1.82) is 0 Å². The van der Waals surface area contributed by atoms with E-state index < -0.39 is 22.0 Å². The number of benzene rings is 2. The summed E-state index contributed by atoms with van der Waals surface area (Å²) >= 11 is 5.95. The van der Waals surface area contributed by atoms with Crippen LogP contribution in [-0.2, 0) is 21.2 Å². The van der Waals surface area contributed by atoms with Gasteiger partial charge in [-0.3, -0.25) is 4.79 Å². The first kappa shape index (κ1) is 23.2. The van der Waals surface area contributed by atoms with Crippen LogP contribution in [0.1, 0.15) is 39.2 Å². The van der Waals surface area contributed by atoms with Crippen molar-refractivity contribution in [2.75, 3.05) is 11.9 Å². The highest BCUT2D eigenvalue weighted by Crippen LogP contribution is 2.27. The van der Waals surface area contributed by atoms with Gasteiger partial charge in [0.25, 0.3) is 0 Å². The summed E-state index contributed by atoms with van der Waals surface area (Å²) in [6, 6.07) is 10.9. The zero-order chi connectivity index (χ0) is 21.4. The van der Waals surface area contributed by atoms with Gasteiger partial charge in [-0.2, -0.15) is 4.72 Å². The Kier molecular flexibility index (Phi) is 8.49. The summed E-state index contributed by atoms with van der Waals surface area (Å²) < 4.78 is 33.3. The van der Waals surface area contributed by atoms with Gasteiger partial charge in [0.1, 0.15) is 10.6 Å². The zero-order valence-electron chi connectivity index (χ0n) is 16.9. The van der Waals surface area contributed by atoms with E-state index in [1.54, 1.807) is 13.0 Å². The number of ether oxygens (including phenoxy) is 1. The lowest BCUT2D eigenvalue weighted by Gasteiger charge is -2.17. The molecule has 2 aromatic rings. The molecule has 8 heteroatoms. The fraction of sp³-hybridized carbons (Fsp3) is 0.381. The predicted molar refractivity (Wildman–Crippen MR) is 116 cm³/mol. The Bertz CT molecular complexity index is 930. The van der Waals surface area contributed by atoms with Crippen molar-refractivity contribution >= 4 is 33.2 Å². The molecule has 0 aromatic heterocycles. The Hall–Kier alpha value is -2.09. The van der Waals surface area contributed by atoms with Gasteiger partial charge in [-0.1, -0.05) is 37.1 Å². The molecule has 0 saturated heterocycles. The zero-order valence-corrected chi connectivity index (χ0v) is 18.4. The Morgan fingerprint density at radius 1 is 1.14 bits per heavy atom. The smallest absolute Gasteiger partial charge is 0.245 e. The number of sulfonamides is 1. The molecule has 0 fully saturated rings. The van der Waals surface area contributed by atoms with Crippen molar-refractivity contribution < 1.29 is 17.9 Å². The maximum atomic E-state index is 12.8. The number of unbranched alkanes of at least 4 members (excludes halogenated alkanes) is 1. The van der Waals surface area contributed by atoms with E-state index in [0.717, 1.165) is 19.3 Å². The van der Waals surface area contributed by atoms with E-state index in [9.17, 15) is 13.2 Å². The molecule has 0 aliphatic heterocycles. The molecule has 0 radical (unpaired) electrons. The maximum Gasteiger partial charge on any atom is 0.245 e. The minimum absolute atomic E-state index is 0.105. The number of carbonyl (C=O) groups is 1. The number of carbonyl (C=O) groups excluding carboxylic acids is 1. The van der Waals surface area contributed by atoms with Gasteiger partial charge in [-0.05, 0) is 62.6 Å². The molecule has 0 saturated carbocycles. The van der Waals surface area contributed by atoms with Gasteiger partial charge in [0.05, 0.1) is 12.6 Å². The molecule has 0 bridgehead atoms. The third kappa shape index (κ3) is 6.73. The van der Waals surface area contributed by atoms with Crippen LogP contribution in [0.15, 0.2) is 47.4 Å². The first-order chi connectivity index (χ1) is 13.8. The molecule has 0 spiro atoms. The molecule has 2 N–H and O–H groups in total. The van der Waals surface area contributed by atoms with Crippen LogP contribution in [0.25, 0.3) is 0 Å². The third-order valence-corrected chi connectivity index (χ3v) is 6.06. The molecule has 1 unspecified atom stereocenters. The second-order valence-corrected chi connectivity index (χ2v) is 8.78. The summed E-state index contributed by atoms with van der Waals surface area (Å²) in [7, 11) is -4.01. The fourth-order valence-corrected chi connectivity index (χ4v) is 4.31. The van der Waals surface area contributed by atoms with E-state index in [1.165, 1.54) is 24.6 Å². The van der Waals surface area contributed by atoms with Crippen molar-refractivity contribution in [3.8, 4) is 5.75 Å². The summed E-state index contributed by atoms with van der Waals surface area (Å²) in [4.78, 5) is 12.4. The Balaban J connectivity index is 2.07. The first-order valence-corrected chi connectivity index (χ1v) is 11.5. The molecule has 2 rings (SSSR count). The number of aryl methyl sites for hydroxylation is 1. The van der Waals surface area contributed by atoms with Crippen molar-refractivity contribution in [3.63, 3.8) is 0 Å². The average Bonchev–Trinajstić information content (AvgIpc) is 2.68. The van der Waals surface area contributed by atoms with Crippen LogP contribution >= 0.6 is 11.6 Å². The summed E-state index contributed by atoms with van der Waals surface area (Å²) in [5.41, 5.74) is 1.81. The van der Waals surface area contributed by atoms with Crippen molar-refractivity contribution in [2.24, 2.45) is 0 Å². The third-order valence-electron chi connectivity index (χ3n) is 4.26. The monoisotopic (exact) mass is 438 g/mol. The predicted octanol–water partition coefficient (Wildman–Crippen LogP) is 4.39. The van der Waals surface area contributed by atoms with Crippen LogP contribution in [0.5, 0.6) is 5.75 Å². The molecule has 0 aliphatic rings. The molecule has 0 aliphatic carbocycles. The quantitative estimate of drug-likeness (QED) is 0.576. The van der Waals surface area contributed by atoms with Crippen molar-refractivity contribution in [1.82, 2.24) is 4.72 Å². The lowest BCUT2D eigenvalue weighted by atomic mass is 10.1. The van der Waals surface area contributed by atoms with Crippen LogP contribution < -0.4 is 14.8 Å². The Labute approximate surface area is 177 Å². The molecule has 158 valence electrons. The number of hydrogen-bond acceptors (Lipinski definition) is 4. The molecular formula is C21H27ClN2O4S. The highest BCUT2D eigenvalue weighted by atomic mass is 35.5. The second-order valence-electron chi connectivity index (χ2n) is 6.66. The molecule has 0 heterocycles. The lowest BCUT2D eigenvalue weighted by molar-refractivity contribution is -0.117. The van der Waals surface area contributed by atoms with Crippen LogP contribution in [0.4, 0.5) is 5.69 Å². The van der Waals surface area contributed by atoms with Crippen LogP contribution in [0.3, 0.4) is 0 Å². The van der Waals surface area contributed by atoms with Gasteiger partial charge in [0.2, 0.25) is 15.9 Å². The minimum Gasteiger partial charge on any atom is -0.492 e. The number of nitrogens with one attached hydrogen (secondary N) is 2. The van der Waals surface area contributed by atoms with Gasteiger partial charge < -0.3 is 10.1 Å². The summed E-state index contributed by atoms with van der Waals surface area (Å²) in [6.45, 7) is 5.67. The first-order valence-electron chi connectivity index (χ1n) is 9.61. The van der Waals surface area contributed by atoms with E-state index in [1.807, 2.05) is 24.3 Å². The molecule has 1 amide bonds. The normalized spacial score (nSPS) is 12.4. The lowest BCUT2D eigenvalue weighted by Crippen LogP contribution is -2.41.